The average molecular weight is 321 g/mol. The van der Waals surface area contributed by atoms with Gasteiger partial charge in [-0.3, -0.25) is 9.59 Å². The van der Waals surface area contributed by atoms with Gasteiger partial charge in [-0.2, -0.15) is 0 Å². The van der Waals surface area contributed by atoms with Crippen LogP contribution in [-0.2, 0) is 4.79 Å². The smallest absolute Gasteiger partial charge is 0.255 e. The van der Waals surface area contributed by atoms with E-state index in [9.17, 15) is 14.7 Å². The van der Waals surface area contributed by atoms with Crippen LogP contribution in [0.1, 0.15) is 10.4 Å². The predicted octanol–water partition coefficient (Wildman–Crippen LogP) is 2.23. The maximum absolute atomic E-state index is 12.0. The summed E-state index contributed by atoms with van der Waals surface area (Å²) in [6.07, 6.45) is 0. The molecule has 0 saturated carbocycles. The van der Waals surface area contributed by atoms with E-state index in [0.29, 0.717) is 5.56 Å². The molecule has 0 unspecified atom stereocenters. The number of carbonyl (C=O) groups excluding carboxylic acids is 2. The molecule has 0 heterocycles. The Bertz CT molecular complexity index is 704. The van der Waals surface area contributed by atoms with Crippen LogP contribution in [0.25, 0.3) is 0 Å². The fraction of sp³-hybridized carbons (Fsp3) is 0.0667. The number of aliphatic hydroxyl groups is 1. The minimum atomic E-state index is -0.705. The van der Waals surface area contributed by atoms with Crippen LogP contribution in [0.15, 0.2) is 42.5 Å². The fourth-order valence-electron chi connectivity index (χ4n) is 1.73. The van der Waals surface area contributed by atoms with Gasteiger partial charge < -0.3 is 20.8 Å². The Labute approximate surface area is 131 Å². The van der Waals surface area contributed by atoms with Gasteiger partial charge in [-0.1, -0.05) is 29.8 Å². The maximum Gasteiger partial charge on any atom is 0.255 e. The van der Waals surface area contributed by atoms with Gasteiger partial charge in [0.1, 0.15) is 12.4 Å². The number of carbonyl (C=O) groups is 2. The van der Waals surface area contributed by atoms with E-state index >= 15 is 0 Å². The molecule has 114 valence electrons. The number of benzene rings is 2. The summed E-state index contributed by atoms with van der Waals surface area (Å²) in [5, 5.41) is 23.6. The van der Waals surface area contributed by atoms with Gasteiger partial charge in [0.05, 0.1) is 16.4 Å². The summed E-state index contributed by atoms with van der Waals surface area (Å²) in [4.78, 5) is 23.1. The minimum absolute atomic E-state index is 0.112. The first-order valence-corrected chi connectivity index (χ1v) is 6.68. The van der Waals surface area contributed by atoms with Crippen LogP contribution in [0, 0.1) is 0 Å². The number of phenols is 1. The zero-order valence-electron chi connectivity index (χ0n) is 11.3. The van der Waals surface area contributed by atoms with E-state index in [4.69, 9.17) is 16.7 Å². The van der Waals surface area contributed by atoms with Crippen LogP contribution >= 0.6 is 11.6 Å². The molecule has 4 N–H and O–H groups in total. The number of hydrogen-bond acceptors (Lipinski definition) is 4. The fourth-order valence-corrected chi connectivity index (χ4v) is 1.94. The maximum atomic E-state index is 12.0. The molecule has 0 aliphatic rings. The van der Waals surface area contributed by atoms with E-state index < -0.39 is 18.4 Å². The summed E-state index contributed by atoms with van der Waals surface area (Å²) in [5.74, 6) is -1.33. The van der Waals surface area contributed by atoms with E-state index in [1.165, 1.54) is 12.1 Å². The molecule has 0 bridgehead atoms. The molecule has 2 amide bonds. The molecule has 0 aliphatic carbocycles. The number of nitrogens with one attached hydrogen (secondary N) is 2. The van der Waals surface area contributed by atoms with Crippen LogP contribution in [-0.4, -0.2) is 28.6 Å². The van der Waals surface area contributed by atoms with E-state index in [2.05, 4.69) is 10.6 Å². The number of aromatic hydroxyl groups is 1. The van der Waals surface area contributed by atoms with E-state index in [1.54, 1.807) is 30.3 Å². The van der Waals surface area contributed by atoms with Gasteiger partial charge in [0, 0.05) is 11.6 Å². The van der Waals surface area contributed by atoms with Crippen LogP contribution in [0.3, 0.4) is 0 Å². The minimum Gasteiger partial charge on any atom is -0.506 e. The number of halogens is 1. The summed E-state index contributed by atoms with van der Waals surface area (Å²) >= 11 is 5.97. The zero-order valence-corrected chi connectivity index (χ0v) is 12.1. The summed E-state index contributed by atoms with van der Waals surface area (Å²) in [6, 6.07) is 11.0. The monoisotopic (exact) mass is 320 g/mol. The van der Waals surface area contributed by atoms with Crippen molar-refractivity contribution in [2.24, 2.45) is 0 Å². The molecule has 2 aromatic carbocycles. The number of hydrogen-bond donors (Lipinski definition) is 4. The highest BCUT2D eigenvalue weighted by molar-refractivity contribution is 6.34. The molecule has 0 spiro atoms. The molecule has 2 aromatic rings. The highest BCUT2D eigenvalue weighted by Crippen LogP contribution is 2.34. The van der Waals surface area contributed by atoms with Crippen molar-refractivity contribution in [3.8, 4) is 5.75 Å². The lowest BCUT2D eigenvalue weighted by Gasteiger charge is -2.11. The van der Waals surface area contributed by atoms with Crippen molar-refractivity contribution < 1.29 is 19.8 Å². The predicted molar refractivity (Wildman–Crippen MR) is 83.2 cm³/mol. The van der Waals surface area contributed by atoms with Crippen molar-refractivity contribution in [1.82, 2.24) is 0 Å². The standard InChI is InChI=1S/C15H13ClN2O4/c16-10-6-12(13(20)7-11(10)17-14(21)8-19)18-15(22)9-4-2-1-3-5-9/h1-7,19-20H,8H2,(H,17,21)(H,18,22). The zero-order chi connectivity index (χ0) is 16.1. The lowest BCUT2D eigenvalue weighted by molar-refractivity contribution is -0.118. The first-order valence-electron chi connectivity index (χ1n) is 6.31. The lowest BCUT2D eigenvalue weighted by Crippen LogP contribution is -2.16. The Morgan fingerprint density at radius 3 is 2.36 bits per heavy atom. The third-order valence-electron chi connectivity index (χ3n) is 2.79. The van der Waals surface area contributed by atoms with Crippen LogP contribution < -0.4 is 10.6 Å². The Morgan fingerprint density at radius 2 is 1.73 bits per heavy atom. The summed E-state index contributed by atoms with van der Waals surface area (Å²) in [5.41, 5.74) is 0.674. The molecule has 7 heteroatoms. The van der Waals surface area contributed by atoms with Crippen molar-refractivity contribution in [2.75, 3.05) is 17.2 Å². The van der Waals surface area contributed by atoms with Gasteiger partial charge in [-0.25, -0.2) is 0 Å². The molecule has 0 aliphatic heterocycles. The SMILES string of the molecule is O=C(CO)Nc1cc(O)c(NC(=O)c2ccccc2)cc1Cl. The molecule has 0 saturated heterocycles. The number of phenolic OH excluding ortho intramolecular Hbond substituents is 1. The molecule has 22 heavy (non-hydrogen) atoms. The van der Waals surface area contributed by atoms with Gasteiger partial charge in [-0.05, 0) is 18.2 Å². The number of aliphatic hydroxyl groups excluding tert-OH is 1. The summed E-state index contributed by atoms with van der Waals surface area (Å²) < 4.78 is 0. The van der Waals surface area contributed by atoms with Crippen molar-refractivity contribution in [2.45, 2.75) is 0 Å². The van der Waals surface area contributed by atoms with E-state index in [1.807, 2.05) is 0 Å². The molecular weight excluding hydrogens is 308 g/mol. The van der Waals surface area contributed by atoms with Crippen molar-refractivity contribution in [3.05, 3.63) is 53.1 Å². The molecule has 0 aromatic heterocycles. The molecule has 0 radical (unpaired) electrons. The first-order chi connectivity index (χ1) is 10.5. The third-order valence-corrected chi connectivity index (χ3v) is 3.10. The molecule has 0 fully saturated rings. The average Bonchev–Trinajstić information content (AvgIpc) is 2.52. The molecule has 0 atom stereocenters. The lowest BCUT2D eigenvalue weighted by atomic mass is 10.2. The van der Waals surface area contributed by atoms with Gasteiger partial charge >= 0.3 is 0 Å². The largest absolute Gasteiger partial charge is 0.506 e. The number of amides is 2. The van der Waals surface area contributed by atoms with Crippen LogP contribution in [0.5, 0.6) is 5.75 Å². The van der Waals surface area contributed by atoms with Crippen LogP contribution in [0.4, 0.5) is 11.4 Å². The summed E-state index contributed by atoms with van der Waals surface area (Å²) in [6.45, 7) is -0.705. The molecule has 2 rings (SSSR count). The van der Waals surface area contributed by atoms with Crippen molar-refractivity contribution in [1.29, 1.82) is 0 Å². The topological polar surface area (TPSA) is 98.7 Å². The second kappa shape index (κ2) is 6.93. The van der Waals surface area contributed by atoms with E-state index in [-0.39, 0.29) is 22.1 Å². The van der Waals surface area contributed by atoms with Gasteiger partial charge in [0.2, 0.25) is 5.91 Å². The third kappa shape index (κ3) is 3.75. The second-order valence-electron chi connectivity index (χ2n) is 4.38. The van der Waals surface area contributed by atoms with E-state index in [0.717, 1.165) is 0 Å². The molecule has 6 nitrogen and oxygen atoms in total. The second-order valence-corrected chi connectivity index (χ2v) is 4.78. The Kier molecular flexibility index (Phi) is 4.98. The van der Waals surface area contributed by atoms with Crippen molar-refractivity contribution in [3.63, 3.8) is 0 Å². The van der Waals surface area contributed by atoms with Crippen LogP contribution in [0.2, 0.25) is 5.02 Å². The van der Waals surface area contributed by atoms with Gasteiger partial charge in [-0.15, -0.1) is 0 Å². The Morgan fingerprint density at radius 1 is 1.05 bits per heavy atom. The Balaban J connectivity index is 2.20. The normalized spacial score (nSPS) is 10.1. The number of rotatable bonds is 4. The Hall–Kier alpha value is -2.57. The first kappa shape index (κ1) is 15.8. The quantitative estimate of drug-likeness (QED) is 0.649. The highest BCUT2D eigenvalue weighted by atomic mass is 35.5. The number of anilines is 2. The van der Waals surface area contributed by atoms with Gasteiger partial charge in [0.25, 0.3) is 5.91 Å². The summed E-state index contributed by atoms with van der Waals surface area (Å²) in [7, 11) is 0. The van der Waals surface area contributed by atoms with Crippen molar-refractivity contribution >= 4 is 34.8 Å². The highest BCUT2D eigenvalue weighted by Gasteiger charge is 2.13. The molecular formula is C15H13ClN2O4. The van der Waals surface area contributed by atoms with Gasteiger partial charge in [0.15, 0.2) is 0 Å².